The molecule has 0 spiro atoms. The molecule has 368 valence electrons. The number of aliphatic hydroxyl groups excluding tert-OH is 1. The molecular weight excluding hydrogens is 775 g/mol. The van der Waals surface area contributed by atoms with E-state index in [9.17, 15) is 9.59 Å². The molecule has 1 aromatic rings. The predicted octanol–water partition coefficient (Wildman–Crippen LogP) is 14.1. The van der Waals surface area contributed by atoms with E-state index < -0.39 is 0 Å². The molecule has 0 atom stereocenters. The Balaban J connectivity index is -0.00000468. The van der Waals surface area contributed by atoms with Crippen molar-refractivity contribution in [1.82, 2.24) is 4.90 Å². The maximum absolute atomic E-state index is 12.0. The first kappa shape index (κ1) is 64.0. The second-order valence-electron chi connectivity index (χ2n) is 17.8. The quantitative estimate of drug-likeness (QED) is 0.0287. The summed E-state index contributed by atoms with van der Waals surface area (Å²) in [4.78, 5) is 42.8. The fourth-order valence-corrected chi connectivity index (χ4v) is 8.88. The molecule has 0 fully saturated rings. The van der Waals surface area contributed by atoms with E-state index in [1.165, 1.54) is 231 Å². The van der Waals surface area contributed by atoms with E-state index in [-0.39, 0.29) is 17.3 Å². The Kier molecular flexibility index (Phi) is 54.8. The monoisotopic (exact) mass is 880 g/mol. The smallest absolute Gasteiger partial charge is 0.290 e. The molecule has 0 heterocycles. The number of hydrogen-bond acceptors (Lipinski definition) is 8. The van der Waals surface area contributed by atoms with Crippen LogP contribution in [0.5, 0.6) is 0 Å². The van der Waals surface area contributed by atoms with E-state index in [1.54, 1.807) is 7.05 Å². The van der Waals surface area contributed by atoms with Gasteiger partial charge in [0.25, 0.3) is 17.3 Å². The molecule has 0 bridgehead atoms. The van der Waals surface area contributed by atoms with Crippen LogP contribution in [-0.2, 0) is 9.59 Å². The molecule has 0 radical (unpaired) electrons. The van der Waals surface area contributed by atoms with Crippen molar-refractivity contribution in [3.05, 3.63) is 20.4 Å². The third-order valence-electron chi connectivity index (χ3n) is 12.7. The summed E-state index contributed by atoms with van der Waals surface area (Å²) in [5.74, 6) is 1.94. The van der Waals surface area contributed by atoms with Crippen molar-refractivity contribution in [2.45, 2.75) is 252 Å². The molecule has 0 unspecified atom stereocenters. The number of nitrogens with one attached hydrogen (secondary N) is 2. The van der Waals surface area contributed by atoms with Crippen LogP contribution in [0.4, 0.5) is 11.4 Å². The second-order valence-corrected chi connectivity index (χ2v) is 17.8. The van der Waals surface area contributed by atoms with Gasteiger partial charge in [-0.15, -0.1) is 0 Å². The highest BCUT2D eigenvalue weighted by Gasteiger charge is 2.19. The SMILES string of the molecule is C=O.CCCCCCCCC(CCCCCCCC)CCCCCCCN(CCCCCCCCCC(CCCC)CCCC)CCCNc1c(NC)c(=O)c1=O.CO.O=CO. The molecule has 1 aromatic carbocycles. The van der Waals surface area contributed by atoms with Gasteiger partial charge in [0.05, 0.1) is 0 Å². The first-order valence-electron chi connectivity index (χ1n) is 26.2. The van der Waals surface area contributed by atoms with Crippen LogP contribution in [0.25, 0.3) is 0 Å². The molecule has 9 heteroatoms. The topological polar surface area (TPSA) is 136 Å². The van der Waals surface area contributed by atoms with Gasteiger partial charge < -0.3 is 30.5 Å². The minimum Gasteiger partial charge on any atom is -0.483 e. The third kappa shape index (κ3) is 39.3. The van der Waals surface area contributed by atoms with Gasteiger partial charge >= 0.3 is 0 Å². The van der Waals surface area contributed by atoms with Crippen LogP contribution in [-0.4, -0.2) is 68.7 Å². The number of rotatable bonds is 44. The molecular formula is C53H105N3O6. The van der Waals surface area contributed by atoms with Crippen LogP contribution in [0.1, 0.15) is 252 Å². The Hall–Kier alpha value is -2.26. The lowest BCUT2D eigenvalue weighted by Gasteiger charge is -2.23. The summed E-state index contributed by atoms with van der Waals surface area (Å²) >= 11 is 0. The largest absolute Gasteiger partial charge is 0.483 e. The molecule has 0 saturated carbocycles. The summed E-state index contributed by atoms with van der Waals surface area (Å²) in [6.07, 6.45) is 48.9. The van der Waals surface area contributed by atoms with Gasteiger partial charge in [-0.05, 0) is 50.7 Å². The Labute approximate surface area is 383 Å². The molecule has 62 heavy (non-hydrogen) atoms. The summed E-state index contributed by atoms with van der Waals surface area (Å²) in [5.41, 5.74) is 0.175. The summed E-state index contributed by atoms with van der Waals surface area (Å²) < 4.78 is 0. The van der Waals surface area contributed by atoms with E-state index in [2.05, 4.69) is 43.2 Å². The lowest BCUT2D eigenvalue weighted by atomic mass is 9.89. The number of carboxylic acid groups (broad SMARTS) is 1. The van der Waals surface area contributed by atoms with Crippen molar-refractivity contribution in [3.8, 4) is 0 Å². The zero-order valence-corrected chi connectivity index (χ0v) is 42.0. The fraction of sp³-hybridized carbons (Fsp3) is 0.887. The molecule has 0 aromatic heterocycles. The minimum atomic E-state index is -0.388. The van der Waals surface area contributed by atoms with Gasteiger partial charge in [0.1, 0.15) is 18.2 Å². The van der Waals surface area contributed by atoms with Crippen LogP contribution in [0.3, 0.4) is 0 Å². The van der Waals surface area contributed by atoms with Crippen LogP contribution in [0.2, 0.25) is 0 Å². The van der Waals surface area contributed by atoms with Gasteiger partial charge in [-0.25, -0.2) is 0 Å². The number of carbonyl (C=O) groups excluding carboxylic acids is 1. The molecule has 0 saturated heterocycles. The van der Waals surface area contributed by atoms with Gasteiger partial charge in [0.15, 0.2) is 0 Å². The number of nitrogens with zero attached hydrogens (tertiary/aromatic N) is 1. The molecule has 0 aliphatic rings. The highest BCUT2D eigenvalue weighted by atomic mass is 16.3. The summed E-state index contributed by atoms with van der Waals surface area (Å²) in [6.45, 7) is 15.2. The maximum atomic E-state index is 12.0. The summed E-state index contributed by atoms with van der Waals surface area (Å²) in [7, 11) is 2.72. The minimum absolute atomic E-state index is 0.250. The first-order chi connectivity index (χ1) is 30.4. The average Bonchev–Trinajstić information content (AvgIpc) is 3.29. The lowest BCUT2D eigenvalue weighted by molar-refractivity contribution is -0.122. The van der Waals surface area contributed by atoms with E-state index in [1.807, 2.05) is 6.79 Å². The molecule has 0 amide bonds. The van der Waals surface area contributed by atoms with Gasteiger partial charge in [0, 0.05) is 20.7 Å². The van der Waals surface area contributed by atoms with E-state index in [0.29, 0.717) is 11.4 Å². The third-order valence-corrected chi connectivity index (χ3v) is 12.7. The fourth-order valence-electron chi connectivity index (χ4n) is 8.88. The van der Waals surface area contributed by atoms with E-state index in [0.717, 1.165) is 38.5 Å². The molecule has 0 aliphatic heterocycles. The van der Waals surface area contributed by atoms with Crippen molar-refractivity contribution in [2.24, 2.45) is 11.8 Å². The highest BCUT2D eigenvalue weighted by molar-refractivity contribution is 5.73. The number of unbranched alkanes of at least 4 members (excludes halogenated alkanes) is 22. The van der Waals surface area contributed by atoms with Crippen LogP contribution in [0.15, 0.2) is 9.59 Å². The second kappa shape index (κ2) is 53.1. The standard InChI is InChI=1S/C50H97N3O2.CH2O2.CH4O.CH2O/c1-6-10-14-16-22-28-38-46(39-29-23-17-15-11-7-2)40-31-25-21-27-33-43-53(44-34-41-52-48-47(51-5)49(54)50(48)55)42-32-26-20-18-19-24-30-37-45(35-12-8-3)36-13-9-4;2-1-3;2*1-2/h45-46,51-52H,6-44H2,1-5H3;1H,(H,2,3);2H,1H3;1H2. The molecule has 9 nitrogen and oxygen atoms in total. The Bertz CT molecular complexity index is 1070. The number of anilines is 2. The molecule has 4 N–H and O–H groups in total. The normalized spacial score (nSPS) is 10.9. The van der Waals surface area contributed by atoms with Gasteiger partial charge in [0.2, 0.25) is 0 Å². The van der Waals surface area contributed by atoms with Crippen LogP contribution < -0.4 is 21.5 Å². The van der Waals surface area contributed by atoms with Gasteiger partial charge in [-0.1, -0.05) is 233 Å². The van der Waals surface area contributed by atoms with E-state index in [4.69, 9.17) is 19.8 Å². The van der Waals surface area contributed by atoms with Crippen molar-refractivity contribution >= 4 is 24.6 Å². The van der Waals surface area contributed by atoms with Gasteiger partial charge in [-0.2, -0.15) is 0 Å². The van der Waals surface area contributed by atoms with Crippen molar-refractivity contribution in [2.75, 3.05) is 51.0 Å². The number of aliphatic hydroxyl groups is 1. The molecule has 0 aliphatic carbocycles. The van der Waals surface area contributed by atoms with Crippen molar-refractivity contribution in [1.29, 1.82) is 0 Å². The predicted molar refractivity (Wildman–Crippen MR) is 271 cm³/mol. The highest BCUT2D eigenvalue weighted by Crippen LogP contribution is 2.26. The lowest BCUT2D eigenvalue weighted by Crippen LogP contribution is -2.37. The molecule has 1 rings (SSSR count). The Morgan fingerprint density at radius 1 is 0.468 bits per heavy atom. The Morgan fingerprint density at radius 2 is 0.742 bits per heavy atom. The maximum Gasteiger partial charge on any atom is 0.290 e. The average molecular weight is 880 g/mol. The van der Waals surface area contributed by atoms with Crippen molar-refractivity contribution in [3.63, 3.8) is 0 Å². The van der Waals surface area contributed by atoms with Crippen molar-refractivity contribution < 1.29 is 19.8 Å². The Morgan fingerprint density at radius 3 is 1.08 bits per heavy atom. The van der Waals surface area contributed by atoms with E-state index >= 15 is 0 Å². The zero-order chi connectivity index (χ0) is 46.7. The first-order valence-corrected chi connectivity index (χ1v) is 26.2. The number of carbonyl (C=O) groups is 2. The van der Waals surface area contributed by atoms with Gasteiger partial charge in [-0.3, -0.25) is 14.4 Å². The van der Waals surface area contributed by atoms with Crippen LogP contribution in [0, 0.1) is 11.8 Å². The number of hydrogen-bond donors (Lipinski definition) is 4. The summed E-state index contributed by atoms with van der Waals surface area (Å²) in [6, 6.07) is 0. The summed E-state index contributed by atoms with van der Waals surface area (Å²) in [5, 5.41) is 20.0. The zero-order valence-electron chi connectivity index (χ0n) is 42.0. The van der Waals surface area contributed by atoms with Crippen LogP contribution >= 0.6 is 0 Å².